The summed E-state index contributed by atoms with van der Waals surface area (Å²) in [5.41, 5.74) is 0. The molecule has 1 heterocycles. The molecule has 1 aliphatic heterocycles. The first kappa shape index (κ1) is 13.3. The predicted molar refractivity (Wildman–Crippen MR) is 68.9 cm³/mol. The Morgan fingerprint density at radius 3 is 2.39 bits per heavy atom. The number of nitrogens with zero attached hydrogens (tertiary/aromatic N) is 4. The van der Waals surface area contributed by atoms with Crippen LogP contribution in [0.15, 0.2) is 0 Å². The number of hydrogen-bond acceptors (Lipinski definition) is 4. The van der Waals surface area contributed by atoms with Crippen LogP contribution in [-0.4, -0.2) is 72.5 Å². The minimum Gasteiger partial charge on any atom is -0.339 e. The van der Waals surface area contributed by atoms with E-state index in [0.29, 0.717) is 19.1 Å². The van der Waals surface area contributed by atoms with Crippen molar-refractivity contribution in [3.05, 3.63) is 0 Å². The van der Waals surface area contributed by atoms with Gasteiger partial charge in [0.05, 0.1) is 19.2 Å². The van der Waals surface area contributed by atoms with Gasteiger partial charge in [0.2, 0.25) is 5.91 Å². The molecule has 18 heavy (non-hydrogen) atoms. The minimum absolute atomic E-state index is 0.272. The van der Waals surface area contributed by atoms with Crippen LogP contribution in [0.3, 0.4) is 0 Å². The molecule has 1 saturated heterocycles. The van der Waals surface area contributed by atoms with E-state index in [0.717, 1.165) is 32.7 Å². The van der Waals surface area contributed by atoms with Crippen molar-refractivity contribution in [1.29, 1.82) is 5.26 Å². The summed E-state index contributed by atoms with van der Waals surface area (Å²) in [5, 5.41) is 8.64. The molecule has 2 rings (SSSR count). The van der Waals surface area contributed by atoms with E-state index in [-0.39, 0.29) is 5.91 Å². The first-order valence-electron chi connectivity index (χ1n) is 6.85. The molecule has 0 atom stereocenters. The van der Waals surface area contributed by atoms with Crippen LogP contribution in [0.1, 0.15) is 19.8 Å². The van der Waals surface area contributed by atoms with Crippen LogP contribution in [0.4, 0.5) is 0 Å². The maximum atomic E-state index is 12.1. The zero-order chi connectivity index (χ0) is 13.0. The standard InChI is InChI=1S/C13H22N4O/c1-2-17(12-3-4-12)13(18)11-16-9-7-15(6-5-14)8-10-16/h12H,2-4,6-11H2,1H3. The monoisotopic (exact) mass is 250 g/mol. The second-order valence-electron chi connectivity index (χ2n) is 5.12. The van der Waals surface area contributed by atoms with E-state index in [1.165, 1.54) is 12.8 Å². The number of carbonyl (C=O) groups is 1. The van der Waals surface area contributed by atoms with Gasteiger partial charge >= 0.3 is 0 Å². The van der Waals surface area contributed by atoms with Crippen molar-refractivity contribution in [3.8, 4) is 6.07 Å². The lowest BCUT2D eigenvalue weighted by atomic mass is 10.3. The molecule has 1 saturated carbocycles. The zero-order valence-electron chi connectivity index (χ0n) is 11.1. The topological polar surface area (TPSA) is 50.6 Å². The van der Waals surface area contributed by atoms with E-state index in [4.69, 9.17) is 5.26 Å². The fourth-order valence-electron chi connectivity index (χ4n) is 2.51. The number of rotatable bonds is 5. The Bertz CT molecular complexity index is 326. The number of carbonyl (C=O) groups excluding carboxylic acids is 1. The third-order valence-corrected chi connectivity index (χ3v) is 3.77. The van der Waals surface area contributed by atoms with Gasteiger partial charge in [0.1, 0.15) is 0 Å². The third kappa shape index (κ3) is 3.44. The molecule has 0 aromatic heterocycles. The molecule has 0 aromatic rings. The molecule has 2 aliphatic rings. The maximum Gasteiger partial charge on any atom is 0.236 e. The van der Waals surface area contributed by atoms with E-state index in [9.17, 15) is 4.79 Å². The molecule has 0 N–H and O–H groups in total. The molecule has 0 unspecified atom stereocenters. The van der Waals surface area contributed by atoms with Crippen LogP contribution < -0.4 is 0 Å². The van der Waals surface area contributed by atoms with Crippen molar-refractivity contribution >= 4 is 5.91 Å². The summed E-state index contributed by atoms with van der Waals surface area (Å²) in [7, 11) is 0. The Balaban J connectivity index is 1.73. The van der Waals surface area contributed by atoms with Crippen LogP contribution >= 0.6 is 0 Å². The highest BCUT2D eigenvalue weighted by molar-refractivity contribution is 5.78. The Hall–Kier alpha value is -1.12. The Kier molecular flexibility index (Phi) is 4.56. The second kappa shape index (κ2) is 6.17. The lowest BCUT2D eigenvalue weighted by Crippen LogP contribution is -2.50. The van der Waals surface area contributed by atoms with Crippen LogP contribution in [0.5, 0.6) is 0 Å². The molecular formula is C13H22N4O. The summed E-state index contributed by atoms with van der Waals surface area (Å²) >= 11 is 0. The normalized spacial score (nSPS) is 21.6. The molecule has 1 aliphatic carbocycles. The van der Waals surface area contributed by atoms with Gasteiger partial charge in [0, 0.05) is 38.8 Å². The van der Waals surface area contributed by atoms with E-state index in [1.54, 1.807) is 0 Å². The van der Waals surface area contributed by atoms with Gasteiger partial charge in [-0.05, 0) is 19.8 Å². The molecular weight excluding hydrogens is 228 g/mol. The number of hydrogen-bond donors (Lipinski definition) is 0. The molecule has 0 spiro atoms. The van der Waals surface area contributed by atoms with Crippen molar-refractivity contribution in [2.45, 2.75) is 25.8 Å². The molecule has 100 valence electrons. The second-order valence-corrected chi connectivity index (χ2v) is 5.12. The molecule has 5 heteroatoms. The summed E-state index contributed by atoms with van der Waals surface area (Å²) < 4.78 is 0. The van der Waals surface area contributed by atoms with Crippen molar-refractivity contribution in [3.63, 3.8) is 0 Å². The largest absolute Gasteiger partial charge is 0.339 e. The first-order chi connectivity index (χ1) is 8.74. The van der Waals surface area contributed by atoms with Gasteiger partial charge in [-0.2, -0.15) is 5.26 Å². The summed E-state index contributed by atoms with van der Waals surface area (Å²) in [5.74, 6) is 0.272. The minimum atomic E-state index is 0.272. The molecule has 5 nitrogen and oxygen atoms in total. The van der Waals surface area contributed by atoms with Gasteiger partial charge < -0.3 is 4.90 Å². The number of likely N-dealkylation sites (N-methyl/N-ethyl adjacent to an activating group) is 1. The van der Waals surface area contributed by atoms with E-state index in [2.05, 4.69) is 22.8 Å². The number of piperazine rings is 1. The van der Waals surface area contributed by atoms with Gasteiger partial charge in [-0.25, -0.2) is 0 Å². The number of amides is 1. The quantitative estimate of drug-likeness (QED) is 0.651. The smallest absolute Gasteiger partial charge is 0.236 e. The van der Waals surface area contributed by atoms with Gasteiger partial charge in [-0.15, -0.1) is 0 Å². The van der Waals surface area contributed by atoms with E-state index in [1.807, 2.05) is 4.90 Å². The Labute approximate surface area is 109 Å². The SMILES string of the molecule is CCN(C(=O)CN1CCN(CC#N)CC1)C1CC1. The summed E-state index contributed by atoms with van der Waals surface area (Å²) in [6.07, 6.45) is 2.35. The molecule has 0 radical (unpaired) electrons. The van der Waals surface area contributed by atoms with Gasteiger partial charge in [0.15, 0.2) is 0 Å². The molecule has 0 bridgehead atoms. The Morgan fingerprint density at radius 1 is 1.28 bits per heavy atom. The van der Waals surface area contributed by atoms with Crippen molar-refractivity contribution in [1.82, 2.24) is 14.7 Å². The summed E-state index contributed by atoms with van der Waals surface area (Å²) in [6, 6.07) is 2.69. The lowest BCUT2D eigenvalue weighted by molar-refractivity contribution is -0.133. The highest BCUT2D eigenvalue weighted by atomic mass is 16.2. The van der Waals surface area contributed by atoms with Crippen LogP contribution in [0.25, 0.3) is 0 Å². The highest BCUT2D eigenvalue weighted by Gasteiger charge is 2.32. The van der Waals surface area contributed by atoms with Gasteiger partial charge in [-0.1, -0.05) is 0 Å². The predicted octanol–water partition coefficient (Wildman–Crippen LogP) is 0.138. The third-order valence-electron chi connectivity index (χ3n) is 3.77. The highest BCUT2D eigenvalue weighted by Crippen LogP contribution is 2.26. The maximum absolute atomic E-state index is 12.1. The van der Waals surface area contributed by atoms with Gasteiger partial charge in [0.25, 0.3) is 0 Å². The molecule has 0 aromatic carbocycles. The lowest BCUT2D eigenvalue weighted by Gasteiger charge is -2.34. The van der Waals surface area contributed by atoms with E-state index >= 15 is 0 Å². The first-order valence-corrected chi connectivity index (χ1v) is 6.85. The number of nitriles is 1. The van der Waals surface area contributed by atoms with Crippen LogP contribution in [0, 0.1) is 11.3 Å². The summed E-state index contributed by atoms with van der Waals surface area (Å²) in [6.45, 7) is 7.53. The van der Waals surface area contributed by atoms with Crippen LogP contribution in [0.2, 0.25) is 0 Å². The zero-order valence-corrected chi connectivity index (χ0v) is 11.1. The van der Waals surface area contributed by atoms with E-state index < -0.39 is 0 Å². The van der Waals surface area contributed by atoms with Crippen LogP contribution in [-0.2, 0) is 4.79 Å². The van der Waals surface area contributed by atoms with Gasteiger partial charge in [-0.3, -0.25) is 14.6 Å². The van der Waals surface area contributed by atoms with Crippen molar-refractivity contribution in [2.24, 2.45) is 0 Å². The molecule has 2 fully saturated rings. The molecule has 1 amide bonds. The average molecular weight is 250 g/mol. The fourth-order valence-corrected chi connectivity index (χ4v) is 2.51. The fraction of sp³-hybridized carbons (Fsp3) is 0.846. The Morgan fingerprint density at radius 2 is 1.89 bits per heavy atom. The van der Waals surface area contributed by atoms with Crippen molar-refractivity contribution in [2.75, 3.05) is 45.8 Å². The summed E-state index contributed by atoms with van der Waals surface area (Å²) in [4.78, 5) is 18.5. The average Bonchev–Trinajstić information content (AvgIpc) is 3.17. The van der Waals surface area contributed by atoms with Crippen molar-refractivity contribution < 1.29 is 4.79 Å².